The first-order chi connectivity index (χ1) is 16.0. The average molecular weight is 440 g/mol. The molecule has 0 bridgehead atoms. The molecule has 0 saturated heterocycles. The van der Waals surface area contributed by atoms with Crippen LogP contribution in [0.15, 0.2) is 97.1 Å². The van der Waals surface area contributed by atoms with Crippen LogP contribution < -0.4 is 9.47 Å². The van der Waals surface area contributed by atoms with Crippen molar-refractivity contribution in [3.05, 3.63) is 119 Å². The highest BCUT2D eigenvalue weighted by atomic mass is 16.5. The first-order valence-corrected chi connectivity index (χ1v) is 10.2. The van der Waals surface area contributed by atoms with Crippen molar-refractivity contribution in [2.24, 2.45) is 0 Å². The molecule has 0 saturated carbocycles. The smallest absolute Gasteiger partial charge is 0.335 e. The fraction of sp³-hybridized carbons (Fsp3) is 0.0370. The van der Waals surface area contributed by atoms with Crippen LogP contribution in [0.2, 0.25) is 0 Å². The summed E-state index contributed by atoms with van der Waals surface area (Å²) < 4.78 is 11.5. The van der Waals surface area contributed by atoms with E-state index in [-0.39, 0.29) is 11.1 Å². The number of benzene rings is 4. The summed E-state index contributed by atoms with van der Waals surface area (Å²) in [4.78, 5) is 21.8. The third-order valence-corrected chi connectivity index (χ3v) is 4.93. The minimum atomic E-state index is -0.972. The molecule has 0 radical (unpaired) electrons. The van der Waals surface area contributed by atoms with Gasteiger partial charge in [-0.1, -0.05) is 24.3 Å². The van der Waals surface area contributed by atoms with Gasteiger partial charge >= 0.3 is 11.9 Å². The van der Waals surface area contributed by atoms with Crippen molar-refractivity contribution in [3.8, 4) is 23.0 Å². The van der Waals surface area contributed by atoms with Crippen molar-refractivity contribution in [3.63, 3.8) is 0 Å². The largest absolute Gasteiger partial charge is 0.478 e. The van der Waals surface area contributed by atoms with Gasteiger partial charge in [0.25, 0.3) is 0 Å². The van der Waals surface area contributed by atoms with Crippen molar-refractivity contribution < 1.29 is 29.3 Å². The lowest BCUT2D eigenvalue weighted by Gasteiger charge is -2.09. The summed E-state index contributed by atoms with van der Waals surface area (Å²) in [6, 6.07) is 27.9. The van der Waals surface area contributed by atoms with E-state index in [1.54, 1.807) is 24.3 Å². The Bertz CT molecular complexity index is 1140. The fourth-order valence-electron chi connectivity index (χ4n) is 3.19. The Morgan fingerprint density at radius 3 is 1.03 bits per heavy atom. The average Bonchev–Trinajstić information content (AvgIpc) is 2.82. The standard InChI is InChI=1S/C27H20O6/c28-26(29)20-5-13-24(14-6-20)32-22-9-1-18(2-10-22)17-19-3-11-23(12-4-19)33-25-15-7-21(8-16-25)27(30)31/h1-16H,17H2,(H,28,29)(H,30,31). The van der Waals surface area contributed by atoms with E-state index in [4.69, 9.17) is 19.7 Å². The molecule has 0 aromatic heterocycles. The van der Waals surface area contributed by atoms with Crippen molar-refractivity contribution in [2.75, 3.05) is 0 Å². The Morgan fingerprint density at radius 2 is 0.758 bits per heavy atom. The minimum absolute atomic E-state index is 0.213. The first kappa shape index (κ1) is 21.6. The maximum atomic E-state index is 10.9. The predicted octanol–water partition coefficient (Wildman–Crippen LogP) is 6.26. The quantitative estimate of drug-likeness (QED) is 0.336. The number of carbonyl (C=O) groups is 2. The van der Waals surface area contributed by atoms with Crippen LogP contribution in [0.4, 0.5) is 0 Å². The zero-order valence-corrected chi connectivity index (χ0v) is 17.5. The van der Waals surface area contributed by atoms with Crippen molar-refractivity contribution >= 4 is 11.9 Å². The molecule has 4 aromatic carbocycles. The number of carboxylic acid groups (broad SMARTS) is 2. The monoisotopic (exact) mass is 440 g/mol. The Labute approximate surface area is 190 Å². The van der Waals surface area contributed by atoms with Crippen LogP contribution in [0.5, 0.6) is 23.0 Å². The van der Waals surface area contributed by atoms with Gasteiger partial charge in [-0.15, -0.1) is 0 Å². The number of hydrogen-bond donors (Lipinski definition) is 2. The SMILES string of the molecule is O=C(O)c1ccc(Oc2ccc(Cc3ccc(Oc4ccc(C(=O)O)cc4)cc3)cc2)cc1. The third kappa shape index (κ3) is 5.77. The highest BCUT2D eigenvalue weighted by Gasteiger charge is 2.05. The van der Waals surface area contributed by atoms with Crippen LogP contribution in [-0.4, -0.2) is 22.2 Å². The third-order valence-electron chi connectivity index (χ3n) is 4.93. The van der Waals surface area contributed by atoms with Gasteiger partial charge in [-0.2, -0.15) is 0 Å². The fourth-order valence-corrected chi connectivity index (χ4v) is 3.19. The lowest BCUT2D eigenvalue weighted by atomic mass is 10.0. The van der Waals surface area contributed by atoms with E-state index in [2.05, 4.69) is 0 Å². The Hall–Kier alpha value is -4.58. The second-order valence-corrected chi connectivity index (χ2v) is 7.33. The maximum Gasteiger partial charge on any atom is 0.335 e. The van der Waals surface area contributed by atoms with Crippen molar-refractivity contribution in [1.82, 2.24) is 0 Å². The van der Waals surface area contributed by atoms with Crippen LogP contribution >= 0.6 is 0 Å². The molecule has 6 nitrogen and oxygen atoms in total. The summed E-state index contributed by atoms with van der Waals surface area (Å²) in [6.45, 7) is 0. The Morgan fingerprint density at radius 1 is 0.485 bits per heavy atom. The molecule has 6 heteroatoms. The van der Waals surface area contributed by atoms with Crippen LogP contribution in [-0.2, 0) is 6.42 Å². The lowest BCUT2D eigenvalue weighted by molar-refractivity contribution is 0.0686. The Balaban J connectivity index is 1.34. The zero-order chi connectivity index (χ0) is 23.2. The van der Waals surface area contributed by atoms with E-state index in [1.165, 1.54) is 24.3 Å². The van der Waals surface area contributed by atoms with Gasteiger partial charge in [-0.05, 0) is 90.3 Å². The van der Waals surface area contributed by atoms with Crippen LogP contribution in [0.1, 0.15) is 31.8 Å². The van der Waals surface area contributed by atoms with Gasteiger partial charge in [-0.3, -0.25) is 0 Å². The molecule has 0 aliphatic carbocycles. The minimum Gasteiger partial charge on any atom is -0.478 e. The normalized spacial score (nSPS) is 10.4. The molecule has 0 atom stereocenters. The summed E-state index contributed by atoms with van der Waals surface area (Å²) in [6.07, 6.45) is 0.737. The topological polar surface area (TPSA) is 93.1 Å². The number of ether oxygens (including phenoxy) is 2. The highest BCUT2D eigenvalue weighted by Crippen LogP contribution is 2.25. The van der Waals surface area contributed by atoms with Crippen molar-refractivity contribution in [2.45, 2.75) is 6.42 Å². The molecule has 0 aliphatic rings. The van der Waals surface area contributed by atoms with Crippen molar-refractivity contribution in [1.29, 1.82) is 0 Å². The highest BCUT2D eigenvalue weighted by molar-refractivity contribution is 5.88. The van der Waals surface area contributed by atoms with Gasteiger partial charge in [0.2, 0.25) is 0 Å². The van der Waals surface area contributed by atoms with Gasteiger partial charge in [-0.25, -0.2) is 9.59 Å². The number of hydrogen-bond acceptors (Lipinski definition) is 4. The summed E-state index contributed by atoms with van der Waals surface area (Å²) in [7, 11) is 0. The van der Waals surface area contributed by atoms with E-state index in [0.29, 0.717) is 23.0 Å². The molecule has 0 unspecified atom stereocenters. The number of carboxylic acids is 2. The van der Waals surface area contributed by atoms with Gasteiger partial charge in [0, 0.05) is 0 Å². The summed E-state index contributed by atoms with van der Waals surface area (Å²) in [5.41, 5.74) is 2.65. The second kappa shape index (κ2) is 9.70. The van der Waals surface area contributed by atoms with Gasteiger partial charge in [0.1, 0.15) is 23.0 Å². The Kier molecular flexibility index (Phi) is 6.36. The van der Waals surface area contributed by atoms with E-state index in [1.807, 2.05) is 48.5 Å². The molecule has 0 aliphatic heterocycles. The molecule has 4 aromatic rings. The van der Waals surface area contributed by atoms with Crippen LogP contribution in [0, 0.1) is 0 Å². The summed E-state index contributed by atoms with van der Waals surface area (Å²) in [5.74, 6) is 0.528. The predicted molar refractivity (Wildman–Crippen MR) is 123 cm³/mol. The molecular formula is C27H20O6. The van der Waals surface area contributed by atoms with Crippen LogP contribution in [0.25, 0.3) is 0 Å². The molecule has 164 valence electrons. The van der Waals surface area contributed by atoms with E-state index in [9.17, 15) is 9.59 Å². The molecule has 0 amide bonds. The zero-order valence-electron chi connectivity index (χ0n) is 17.5. The van der Waals surface area contributed by atoms with E-state index < -0.39 is 11.9 Å². The molecule has 0 heterocycles. The van der Waals surface area contributed by atoms with Crippen LogP contribution in [0.3, 0.4) is 0 Å². The molecule has 33 heavy (non-hydrogen) atoms. The molecular weight excluding hydrogens is 420 g/mol. The molecule has 4 rings (SSSR count). The van der Waals surface area contributed by atoms with Gasteiger partial charge in [0.15, 0.2) is 0 Å². The molecule has 0 spiro atoms. The first-order valence-electron chi connectivity index (χ1n) is 10.2. The van der Waals surface area contributed by atoms with Gasteiger partial charge in [0.05, 0.1) is 11.1 Å². The summed E-state index contributed by atoms with van der Waals surface area (Å²) in [5, 5.41) is 17.9. The molecule has 0 fully saturated rings. The van der Waals surface area contributed by atoms with E-state index >= 15 is 0 Å². The lowest BCUT2D eigenvalue weighted by Crippen LogP contribution is -1.95. The number of rotatable bonds is 8. The second-order valence-electron chi connectivity index (χ2n) is 7.33. The maximum absolute atomic E-state index is 10.9. The summed E-state index contributed by atoms with van der Waals surface area (Å²) >= 11 is 0. The van der Waals surface area contributed by atoms with Gasteiger partial charge < -0.3 is 19.7 Å². The number of aromatic carboxylic acids is 2. The molecule has 2 N–H and O–H groups in total. The van der Waals surface area contributed by atoms with E-state index in [0.717, 1.165) is 17.5 Å².